The van der Waals surface area contributed by atoms with E-state index >= 15 is 0 Å². The lowest BCUT2D eigenvalue weighted by Crippen LogP contribution is -2.39. The zero-order chi connectivity index (χ0) is 24.6. The Morgan fingerprint density at radius 3 is 1.64 bits per heavy atom. The number of carbonyl (C=O) groups is 3. The molecule has 194 valence electrons. The average Bonchev–Trinajstić information content (AvgIpc) is 2.77. The van der Waals surface area contributed by atoms with Gasteiger partial charge in [0.2, 0.25) is 17.7 Å². The van der Waals surface area contributed by atoms with E-state index in [4.69, 9.17) is 11.5 Å². The summed E-state index contributed by atoms with van der Waals surface area (Å²) in [7, 11) is 0. The van der Waals surface area contributed by atoms with E-state index in [0.29, 0.717) is 26.1 Å². The maximum atomic E-state index is 11.9. The van der Waals surface area contributed by atoms with Crippen molar-refractivity contribution in [1.29, 1.82) is 0 Å². The molecule has 0 spiro atoms. The van der Waals surface area contributed by atoms with Crippen LogP contribution in [0.3, 0.4) is 0 Å². The third-order valence-electron chi connectivity index (χ3n) is 5.56. The number of nitrogens with zero attached hydrogens (tertiary/aromatic N) is 1. The Morgan fingerprint density at radius 2 is 1.09 bits per heavy atom. The van der Waals surface area contributed by atoms with Gasteiger partial charge in [0, 0.05) is 71.6 Å². The first-order valence-electron chi connectivity index (χ1n) is 12.9. The normalized spacial score (nSPS) is 11.1. The number of nitrogens with two attached hydrogens (primary N) is 2. The van der Waals surface area contributed by atoms with Crippen LogP contribution in [0.2, 0.25) is 0 Å². The molecule has 0 aromatic carbocycles. The summed E-state index contributed by atoms with van der Waals surface area (Å²) in [6.45, 7) is 7.75. The van der Waals surface area contributed by atoms with Gasteiger partial charge in [-0.05, 0) is 6.42 Å². The summed E-state index contributed by atoms with van der Waals surface area (Å²) >= 11 is 0. The highest BCUT2D eigenvalue weighted by Crippen LogP contribution is 2.10. The fourth-order valence-corrected chi connectivity index (χ4v) is 3.51. The van der Waals surface area contributed by atoms with E-state index in [1.165, 1.54) is 44.9 Å². The van der Waals surface area contributed by atoms with Crippen LogP contribution >= 0.6 is 0 Å². The van der Waals surface area contributed by atoms with Gasteiger partial charge >= 0.3 is 0 Å². The van der Waals surface area contributed by atoms with Crippen molar-refractivity contribution in [3.8, 4) is 0 Å². The number of primary amides is 2. The quantitative estimate of drug-likeness (QED) is 0.127. The van der Waals surface area contributed by atoms with Gasteiger partial charge < -0.3 is 32.3 Å². The Hall–Kier alpha value is -1.71. The van der Waals surface area contributed by atoms with Crippen LogP contribution in [0.25, 0.3) is 0 Å². The fraction of sp³-hybridized carbons (Fsp3) is 0.875. The first-order valence-corrected chi connectivity index (χ1v) is 12.9. The van der Waals surface area contributed by atoms with Gasteiger partial charge in [-0.25, -0.2) is 0 Å². The number of unbranched alkanes of at least 4 members (excludes halogenated alkanes) is 8. The second kappa shape index (κ2) is 23.4. The molecule has 0 aromatic rings. The predicted molar refractivity (Wildman–Crippen MR) is 135 cm³/mol. The number of carbonyl (C=O) groups excluding carboxylic acids is 3. The zero-order valence-corrected chi connectivity index (χ0v) is 21.0. The molecule has 0 aliphatic rings. The van der Waals surface area contributed by atoms with E-state index in [1.807, 2.05) is 4.90 Å². The van der Waals surface area contributed by atoms with E-state index in [9.17, 15) is 14.4 Å². The summed E-state index contributed by atoms with van der Waals surface area (Å²) < 4.78 is 0. The topological polar surface area (TPSA) is 143 Å². The van der Waals surface area contributed by atoms with Gasteiger partial charge in [-0.15, -0.1) is 0 Å². The number of hydrogen-bond donors (Lipinski definition) is 5. The van der Waals surface area contributed by atoms with Gasteiger partial charge in [-0.1, -0.05) is 58.3 Å². The van der Waals surface area contributed by atoms with Crippen LogP contribution < -0.4 is 27.4 Å². The number of amides is 3. The van der Waals surface area contributed by atoms with Crippen molar-refractivity contribution in [2.45, 2.75) is 84.0 Å². The van der Waals surface area contributed by atoms with Crippen molar-refractivity contribution in [1.82, 2.24) is 20.9 Å². The molecule has 9 heteroatoms. The lowest BCUT2D eigenvalue weighted by atomic mass is 10.1. The minimum Gasteiger partial charge on any atom is -0.370 e. The molecule has 0 bridgehead atoms. The smallest absolute Gasteiger partial charge is 0.220 e. The molecule has 7 N–H and O–H groups in total. The molecule has 0 atom stereocenters. The second-order valence-corrected chi connectivity index (χ2v) is 8.70. The minimum atomic E-state index is -0.350. The van der Waals surface area contributed by atoms with Crippen LogP contribution in [0.15, 0.2) is 0 Å². The molecular weight excluding hydrogens is 420 g/mol. The van der Waals surface area contributed by atoms with Crippen molar-refractivity contribution < 1.29 is 14.4 Å². The number of hydrogen-bond acceptors (Lipinski definition) is 6. The van der Waals surface area contributed by atoms with E-state index in [-0.39, 0.29) is 30.6 Å². The highest BCUT2D eigenvalue weighted by Gasteiger charge is 2.08. The lowest BCUT2D eigenvalue weighted by molar-refractivity contribution is -0.121. The van der Waals surface area contributed by atoms with E-state index < -0.39 is 0 Å². The third kappa shape index (κ3) is 24.8. The van der Waals surface area contributed by atoms with Crippen LogP contribution in [0.4, 0.5) is 0 Å². The minimum absolute atomic E-state index is 0.143. The van der Waals surface area contributed by atoms with Gasteiger partial charge in [0.25, 0.3) is 0 Å². The highest BCUT2D eigenvalue weighted by atomic mass is 16.2. The summed E-state index contributed by atoms with van der Waals surface area (Å²) in [4.78, 5) is 35.8. The maximum absolute atomic E-state index is 11.9. The summed E-state index contributed by atoms with van der Waals surface area (Å²) in [6.07, 6.45) is 12.5. The van der Waals surface area contributed by atoms with Gasteiger partial charge in [-0.3, -0.25) is 14.4 Å². The second-order valence-electron chi connectivity index (χ2n) is 8.70. The Labute approximate surface area is 201 Å². The highest BCUT2D eigenvalue weighted by molar-refractivity contribution is 5.75. The van der Waals surface area contributed by atoms with Crippen molar-refractivity contribution in [2.75, 3.05) is 52.4 Å². The summed E-state index contributed by atoms with van der Waals surface area (Å²) in [6, 6.07) is 0. The largest absolute Gasteiger partial charge is 0.370 e. The molecule has 0 unspecified atom stereocenters. The van der Waals surface area contributed by atoms with E-state index in [1.54, 1.807) is 0 Å². The third-order valence-corrected chi connectivity index (χ3v) is 5.56. The molecule has 0 rings (SSSR count). The first kappa shape index (κ1) is 31.3. The zero-order valence-electron chi connectivity index (χ0n) is 21.0. The van der Waals surface area contributed by atoms with Crippen molar-refractivity contribution in [3.63, 3.8) is 0 Å². The molecule has 0 saturated heterocycles. The molecule has 0 aliphatic carbocycles. The SMILES string of the molecule is CCCCCCCCCCCC(=O)NCCNCCNCCN(CCC(N)=O)CCC(N)=O. The Morgan fingerprint density at radius 1 is 0.606 bits per heavy atom. The number of rotatable bonds is 25. The lowest BCUT2D eigenvalue weighted by Gasteiger charge is -2.21. The standard InChI is InChI=1S/C24H50N6O3/c1-2-3-4-5-6-7-8-9-10-11-24(33)29-17-16-27-14-15-28-18-21-30(19-12-22(25)31)20-13-23(26)32/h27-28H,2-21H2,1H3,(H2,25,31)(H2,26,32)(H,29,33). The van der Waals surface area contributed by atoms with Crippen molar-refractivity contribution in [2.24, 2.45) is 11.5 Å². The van der Waals surface area contributed by atoms with Crippen LogP contribution in [0, 0.1) is 0 Å². The monoisotopic (exact) mass is 470 g/mol. The molecule has 0 heterocycles. The molecule has 0 fully saturated rings. The summed E-state index contributed by atoms with van der Waals surface area (Å²) in [5.74, 6) is -0.558. The van der Waals surface area contributed by atoms with E-state index in [0.717, 1.165) is 45.6 Å². The Balaban J connectivity index is 3.51. The summed E-state index contributed by atoms with van der Waals surface area (Å²) in [5.41, 5.74) is 10.4. The first-order chi connectivity index (χ1) is 16.0. The molecule has 0 aliphatic heterocycles. The van der Waals surface area contributed by atoms with Crippen molar-refractivity contribution in [3.05, 3.63) is 0 Å². The average molecular weight is 471 g/mol. The number of nitrogens with one attached hydrogen (secondary N) is 3. The van der Waals surface area contributed by atoms with Crippen LogP contribution in [-0.2, 0) is 14.4 Å². The Bertz CT molecular complexity index is 487. The van der Waals surface area contributed by atoms with Gasteiger partial charge in [-0.2, -0.15) is 0 Å². The fourth-order valence-electron chi connectivity index (χ4n) is 3.51. The predicted octanol–water partition coefficient (Wildman–Crippen LogP) is 1.26. The summed E-state index contributed by atoms with van der Waals surface area (Å²) in [5, 5.41) is 9.59. The molecule has 0 aromatic heterocycles. The van der Waals surface area contributed by atoms with E-state index in [2.05, 4.69) is 22.9 Å². The van der Waals surface area contributed by atoms with Gasteiger partial charge in [0.1, 0.15) is 0 Å². The Kier molecular flexibility index (Phi) is 22.2. The molecule has 0 radical (unpaired) electrons. The van der Waals surface area contributed by atoms with Crippen LogP contribution in [-0.4, -0.2) is 75.0 Å². The van der Waals surface area contributed by atoms with Gasteiger partial charge in [0.15, 0.2) is 0 Å². The molecule has 9 nitrogen and oxygen atoms in total. The molecule has 0 saturated carbocycles. The molecular formula is C24H50N6O3. The maximum Gasteiger partial charge on any atom is 0.220 e. The van der Waals surface area contributed by atoms with Crippen LogP contribution in [0.1, 0.15) is 84.0 Å². The molecule has 3 amide bonds. The van der Waals surface area contributed by atoms with Gasteiger partial charge in [0.05, 0.1) is 0 Å². The molecule has 33 heavy (non-hydrogen) atoms. The van der Waals surface area contributed by atoms with Crippen molar-refractivity contribution >= 4 is 17.7 Å². The van der Waals surface area contributed by atoms with Crippen LogP contribution in [0.5, 0.6) is 0 Å².